The highest BCUT2D eigenvalue weighted by Gasteiger charge is 2.29. The second kappa shape index (κ2) is 6.68. The molecule has 0 unspecified atom stereocenters. The Morgan fingerprint density at radius 2 is 2.13 bits per heavy atom. The molecule has 23 heavy (non-hydrogen) atoms. The smallest absolute Gasteiger partial charge is 0.343 e. The Labute approximate surface area is 138 Å². The highest BCUT2D eigenvalue weighted by molar-refractivity contribution is 5.90. The summed E-state index contributed by atoms with van der Waals surface area (Å²) >= 11 is 0. The van der Waals surface area contributed by atoms with Crippen LogP contribution in [0.25, 0.3) is 5.52 Å². The third-order valence-corrected chi connectivity index (χ3v) is 3.83. The number of aromatic nitrogens is 1. The number of hydrogen-bond acceptors (Lipinski definition) is 4. The van der Waals surface area contributed by atoms with Gasteiger partial charge in [-0.1, -0.05) is 0 Å². The van der Waals surface area contributed by atoms with Gasteiger partial charge in [0.1, 0.15) is 18.0 Å². The molecule has 0 aliphatic heterocycles. The lowest BCUT2D eigenvalue weighted by atomic mass is 10.0. The van der Waals surface area contributed by atoms with Gasteiger partial charge in [0.25, 0.3) is 5.56 Å². The number of fused-ring (bicyclic) bond motifs is 1. The van der Waals surface area contributed by atoms with E-state index in [0.717, 1.165) is 24.6 Å². The van der Waals surface area contributed by atoms with E-state index in [0.29, 0.717) is 17.0 Å². The second-order valence-corrected chi connectivity index (χ2v) is 5.58. The largest absolute Gasteiger partial charge is 0.461 e. The van der Waals surface area contributed by atoms with Crippen molar-refractivity contribution < 1.29 is 13.9 Å². The average Bonchev–Trinajstić information content (AvgIpc) is 3.30. The first kappa shape index (κ1) is 17.4. The van der Waals surface area contributed by atoms with Gasteiger partial charge in [-0.15, -0.1) is 12.4 Å². The Kier molecular flexibility index (Phi) is 5.06. The third kappa shape index (κ3) is 3.23. The Morgan fingerprint density at radius 1 is 1.43 bits per heavy atom. The fraction of sp³-hybridized carbons (Fsp3) is 0.375. The molecule has 3 rings (SSSR count). The lowest BCUT2D eigenvalue weighted by Gasteiger charge is -2.12. The maximum Gasteiger partial charge on any atom is 0.343 e. The van der Waals surface area contributed by atoms with Crippen LogP contribution in [0.5, 0.6) is 0 Å². The molecule has 2 heterocycles. The number of nitrogens with zero attached hydrogens (tertiary/aromatic N) is 1. The lowest BCUT2D eigenvalue weighted by Crippen LogP contribution is -2.26. The van der Waals surface area contributed by atoms with Crippen LogP contribution in [0.4, 0.5) is 4.39 Å². The first-order valence-electron chi connectivity index (χ1n) is 7.25. The second-order valence-electron chi connectivity index (χ2n) is 5.58. The van der Waals surface area contributed by atoms with Gasteiger partial charge >= 0.3 is 5.97 Å². The molecular weight excluding hydrogens is 323 g/mol. The molecule has 0 atom stereocenters. The number of nitrogens with two attached hydrogens (primary N) is 1. The zero-order valence-electron chi connectivity index (χ0n) is 12.7. The molecule has 124 valence electrons. The number of carbonyl (C=O) groups is 1. The minimum atomic E-state index is -0.714. The van der Waals surface area contributed by atoms with E-state index in [-0.39, 0.29) is 31.1 Å². The van der Waals surface area contributed by atoms with E-state index in [4.69, 9.17) is 10.5 Å². The van der Waals surface area contributed by atoms with Crippen LogP contribution in [-0.2, 0) is 4.74 Å². The number of carbonyl (C=O) groups excluding carboxylic acids is 1. The Hall–Kier alpha value is -1.92. The van der Waals surface area contributed by atoms with Crippen LogP contribution in [0, 0.1) is 12.7 Å². The summed E-state index contributed by atoms with van der Waals surface area (Å²) in [6.07, 6.45) is 3.13. The molecule has 0 radical (unpaired) electrons. The third-order valence-electron chi connectivity index (χ3n) is 3.83. The van der Waals surface area contributed by atoms with Crippen molar-refractivity contribution in [2.45, 2.75) is 25.7 Å². The van der Waals surface area contributed by atoms with Gasteiger partial charge < -0.3 is 10.5 Å². The first-order chi connectivity index (χ1) is 10.5. The SMILES string of the molecule is Cc1cc(F)cn2c(=O)c(C(=O)OCCN)cc(C3CC3)c12.Cl. The van der Waals surface area contributed by atoms with Crippen molar-refractivity contribution in [3.05, 3.63) is 51.2 Å². The summed E-state index contributed by atoms with van der Waals surface area (Å²) in [5.41, 5.74) is 6.93. The van der Waals surface area contributed by atoms with Crippen molar-refractivity contribution in [3.63, 3.8) is 0 Å². The van der Waals surface area contributed by atoms with E-state index in [1.807, 2.05) is 0 Å². The predicted octanol–water partition coefficient (Wildman–Crippen LogP) is 2.16. The number of pyridine rings is 2. The van der Waals surface area contributed by atoms with E-state index >= 15 is 0 Å². The summed E-state index contributed by atoms with van der Waals surface area (Å²) in [5.74, 6) is -0.921. The standard InChI is InChI=1S/C16H17FN2O3.ClH/c1-9-6-11(17)8-19-14(9)12(10-2-3-10)7-13(15(19)20)16(21)22-5-4-18;/h6-8,10H,2-5,18H2,1H3;1H. The summed E-state index contributed by atoms with van der Waals surface area (Å²) in [4.78, 5) is 24.5. The van der Waals surface area contributed by atoms with Gasteiger partial charge in [0.15, 0.2) is 0 Å². The Balaban J connectivity index is 0.00000192. The van der Waals surface area contributed by atoms with Gasteiger partial charge in [0.2, 0.25) is 0 Å². The molecule has 2 N–H and O–H groups in total. The van der Waals surface area contributed by atoms with Crippen molar-refractivity contribution in [1.82, 2.24) is 4.40 Å². The summed E-state index contributed by atoms with van der Waals surface area (Å²) in [6.45, 7) is 1.99. The van der Waals surface area contributed by atoms with E-state index in [9.17, 15) is 14.0 Å². The minimum Gasteiger partial charge on any atom is -0.461 e. The molecule has 5 nitrogen and oxygen atoms in total. The fourth-order valence-corrected chi connectivity index (χ4v) is 2.71. The number of hydrogen-bond donors (Lipinski definition) is 1. The number of rotatable bonds is 4. The van der Waals surface area contributed by atoms with Gasteiger partial charge in [0, 0.05) is 12.7 Å². The van der Waals surface area contributed by atoms with Gasteiger partial charge in [-0.05, 0) is 48.9 Å². The van der Waals surface area contributed by atoms with Gasteiger partial charge in [-0.2, -0.15) is 0 Å². The molecule has 1 aliphatic carbocycles. The molecule has 7 heteroatoms. The molecule has 1 saturated carbocycles. The molecule has 2 aromatic rings. The summed E-state index contributed by atoms with van der Waals surface area (Å²) in [5, 5.41) is 0. The van der Waals surface area contributed by atoms with Crippen molar-refractivity contribution in [3.8, 4) is 0 Å². The molecule has 1 fully saturated rings. The zero-order chi connectivity index (χ0) is 15.9. The highest BCUT2D eigenvalue weighted by Crippen LogP contribution is 2.42. The van der Waals surface area contributed by atoms with Crippen LogP contribution in [0.15, 0.2) is 23.1 Å². The normalized spacial score (nSPS) is 13.7. The Morgan fingerprint density at radius 3 is 2.74 bits per heavy atom. The number of esters is 1. The predicted molar refractivity (Wildman–Crippen MR) is 86.9 cm³/mol. The molecule has 2 aromatic heterocycles. The molecule has 0 spiro atoms. The molecule has 0 aromatic carbocycles. The maximum atomic E-state index is 13.7. The van der Waals surface area contributed by atoms with Crippen molar-refractivity contribution in [2.24, 2.45) is 5.73 Å². The maximum absolute atomic E-state index is 13.7. The van der Waals surface area contributed by atoms with Crippen LogP contribution in [0.1, 0.15) is 40.2 Å². The summed E-state index contributed by atoms with van der Waals surface area (Å²) < 4.78 is 19.8. The van der Waals surface area contributed by atoms with Crippen LogP contribution in [-0.4, -0.2) is 23.5 Å². The zero-order valence-corrected chi connectivity index (χ0v) is 13.5. The highest BCUT2D eigenvalue weighted by atomic mass is 35.5. The van der Waals surface area contributed by atoms with E-state index < -0.39 is 17.3 Å². The molecule has 0 saturated heterocycles. The fourth-order valence-electron chi connectivity index (χ4n) is 2.71. The first-order valence-corrected chi connectivity index (χ1v) is 7.25. The minimum absolute atomic E-state index is 0. The monoisotopic (exact) mass is 340 g/mol. The van der Waals surface area contributed by atoms with Crippen LogP contribution < -0.4 is 11.3 Å². The molecule has 0 amide bonds. The van der Waals surface area contributed by atoms with Crippen molar-refractivity contribution in [2.75, 3.05) is 13.2 Å². The number of aryl methyl sites for hydroxylation is 1. The topological polar surface area (TPSA) is 73.8 Å². The number of ether oxygens (including phenoxy) is 1. The van der Waals surface area contributed by atoms with Gasteiger partial charge in [0.05, 0.1) is 5.52 Å². The lowest BCUT2D eigenvalue weighted by molar-refractivity contribution is 0.0514. The Bertz CT molecular complexity index is 815. The molecule has 0 bridgehead atoms. The van der Waals surface area contributed by atoms with Gasteiger partial charge in [-0.25, -0.2) is 9.18 Å². The average molecular weight is 341 g/mol. The van der Waals surface area contributed by atoms with Crippen molar-refractivity contribution >= 4 is 23.9 Å². The molecule has 1 aliphatic rings. The molecular formula is C16H18ClFN2O3. The quantitative estimate of drug-likeness (QED) is 0.866. The van der Waals surface area contributed by atoms with Crippen molar-refractivity contribution in [1.29, 1.82) is 0 Å². The summed E-state index contributed by atoms with van der Waals surface area (Å²) in [6, 6.07) is 2.99. The number of halogens is 2. The summed E-state index contributed by atoms with van der Waals surface area (Å²) in [7, 11) is 0. The van der Waals surface area contributed by atoms with E-state index in [1.165, 1.54) is 10.5 Å². The van der Waals surface area contributed by atoms with E-state index in [2.05, 4.69) is 0 Å². The van der Waals surface area contributed by atoms with Crippen LogP contribution >= 0.6 is 12.4 Å². The van der Waals surface area contributed by atoms with E-state index in [1.54, 1.807) is 13.0 Å². The van der Waals surface area contributed by atoms with Gasteiger partial charge in [-0.3, -0.25) is 9.20 Å². The van der Waals surface area contributed by atoms with Crippen LogP contribution in [0.3, 0.4) is 0 Å². The van der Waals surface area contributed by atoms with Crippen LogP contribution in [0.2, 0.25) is 0 Å².